The molecule has 13 nitrogen and oxygen atoms in total. The number of quaternary nitrogens is 1. The Morgan fingerprint density at radius 3 is 1.20 bits per heavy atom. The molecule has 2 unspecified atom stereocenters. The molecule has 0 aliphatic rings. The van der Waals surface area contributed by atoms with Gasteiger partial charge in [-0.3, -0.25) is 9.07 Å². The summed E-state index contributed by atoms with van der Waals surface area (Å²) in [6.45, 7) is -1.53. The molecule has 0 saturated carbocycles. The fourth-order valence-corrected chi connectivity index (χ4v) is 3.67. The quantitative estimate of drug-likeness (QED) is 0.0809. The van der Waals surface area contributed by atoms with Gasteiger partial charge in [0, 0.05) is 16.2 Å². The Morgan fingerprint density at radius 1 is 0.575 bits per heavy atom. The van der Waals surface area contributed by atoms with E-state index in [0.717, 1.165) is 0 Å². The summed E-state index contributed by atoms with van der Waals surface area (Å²) < 4.78 is 158. The van der Waals surface area contributed by atoms with E-state index in [2.05, 4.69) is 17.8 Å². The molecule has 0 bridgehead atoms. The lowest BCUT2D eigenvalue weighted by atomic mass is 9.92. The molecule has 0 rings (SSSR count). The molecule has 0 radical (unpaired) electrons. The third kappa shape index (κ3) is 20.9. The molecular weight excluding hydrogens is 612 g/mol. The van der Waals surface area contributed by atoms with Gasteiger partial charge in [-0.05, 0) is 0 Å². The van der Waals surface area contributed by atoms with E-state index in [-0.39, 0.29) is 19.8 Å². The summed E-state index contributed by atoms with van der Waals surface area (Å²) in [6, 6.07) is 0. The second-order valence-electron chi connectivity index (χ2n) is 10.5. The van der Waals surface area contributed by atoms with E-state index in [0.29, 0.717) is 0 Å². The van der Waals surface area contributed by atoms with Gasteiger partial charge in [-0.25, -0.2) is 12.6 Å². The van der Waals surface area contributed by atoms with Crippen molar-refractivity contribution in [2.24, 2.45) is 16.2 Å². The van der Waals surface area contributed by atoms with Crippen molar-refractivity contribution in [3.05, 3.63) is 5.21 Å². The van der Waals surface area contributed by atoms with E-state index in [1.807, 2.05) is 0 Å². The molecule has 0 amide bonds. The minimum Gasteiger partial charge on any atom is -0.726 e. The van der Waals surface area contributed by atoms with E-state index in [1.165, 1.54) is 13.8 Å². The Bertz CT molecular complexity index is 962. The Morgan fingerprint density at radius 2 is 0.900 bits per heavy atom. The van der Waals surface area contributed by atoms with Gasteiger partial charge in [0.05, 0.1) is 52.9 Å². The lowest BCUT2D eigenvalue weighted by Crippen LogP contribution is -2.81. The summed E-state index contributed by atoms with van der Waals surface area (Å²) in [5, 5.41) is 10.5. The van der Waals surface area contributed by atoms with Crippen LogP contribution in [0.3, 0.4) is 0 Å². The van der Waals surface area contributed by atoms with Gasteiger partial charge in [0.2, 0.25) is 10.4 Å². The lowest BCUT2D eigenvalue weighted by Gasteiger charge is -2.33. The second-order valence-corrected chi connectivity index (χ2v) is 13.0. The van der Waals surface area contributed by atoms with Gasteiger partial charge < -0.3 is 28.7 Å². The minimum atomic E-state index is -5.16. The van der Waals surface area contributed by atoms with Crippen molar-refractivity contribution in [2.75, 3.05) is 66.1 Å². The van der Waals surface area contributed by atoms with Crippen LogP contribution in [0, 0.1) is 21.5 Å². The highest BCUT2D eigenvalue weighted by Crippen LogP contribution is 2.26. The normalized spacial score (nSPS) is 17.0. The zero-order valence-corrected chi connectivity index (χ0v) is 23.8. The van der Waals surface area contributed by atoms with Crippen LogP contribution in [0.1, 0.15) is 27.7 Å². The molecule has 40 heavy (non-hydrogen) atoms. The molecule has 0 aromatic carbocycles. The van der Waals surface area contributed by atoms with Gasteiger partial charge in [0.25, 0.3) is 0 Å². The maximum atomic E-state index is 12.4. The predicted molar refractivity (Wildman–Crippen MR) is 121 cm³/mol. The number of halogens is 6. The Kier molecular flexibility index (Phi) is 15.2. The van der Waals surface area contributed by atoms with Crippen molar-refractivity contribution in [3.8, 4) is 0 Å². The van der Waals surface area contributed by atoms with Crippen LogP contribution in [0.2, 0.25) is 0 Å². The summed E-state index contributed by atoms with van der Waals surface area (Å²) in [5.74, 6) is 0. The third-order valence-corrected chi connectivity index (χ3v) is 5.65. The van der Waals surface area contributed by atoms with Crippen molar-refractivity contribution in [2.45, 2.75) is 40.0 Å². The van der Waals surface area contributed by atoms with Crippen molar-refractivity contribution in [1.29, 1.82) is 0 Å². The van der Waals surface area contributed by atoms with Crippen molar-refractivity contribution < 1.29 is 79.9 Å². The van der Waals surface area contributed by atoms with Crippen LogP contribution in [-0.4, -0.2) is 99.8 Å². The molecule has 0 fully saturated rings. The maximum Gasteiger partial charge on any atom is 0.432 e. The standard InChI is InChI=1S/C19H35F6NO12S2/c1-15(2,6-34-8-17(4,12-38-40(30,31)32)10-36-14-19(23,24)25)5-33-7-16(3,9-35-13-18(20,21)22)11-37-39(28,29)26-27/h5-14,26H2,1-4H3,(H,30,31,32)/p-1. The smallest absolute Gasteiger partial charge is 0.432 e. The number of nitrogens with two attached hydrogens (primary N) is 1. The maximum absolute atomic E-state index is 12.4. The summed E-state index contributed by atoms with van der Waals surface area (Å²) in [6.07, 6.45) is -9.33. The van der Waals surface area contributed by atoms with Crippen molar-refractivity contribution in [1.82, 2.24) is 0 Å². The second kappa shape index (κ2) is 15.5. The first kappa shape index (κ1) is 39.1. The molecule has 2 N–H and O–H groups in total. The molecule has 0 spiro atoms. The highest BCUT2D eigenvalue weighted by molar-refractivity contribution is 7.80. The van der Waals surface area contributed by atoms with E-state index in [1.54, 1.807) is 13.8 Å². The summed E-state index contributed by atoms with van der Waals surface area (Å²) in [7, 11) is -9.75. The SMILES string of the molecule is CC(C)(COCC(C)(COCC(F)(F)F)COS(=O)(=O)[O-])COCC(C)(COCC(F)(F)F)COS(=O)(=O)[NH2+][O-]. The number of hydrogen-bond acceptors (Lipinski definition) is 12. The first-order valence-corrected chi connectivity index (χ1v) is 14.0. The number of ether oxygens (including phenoxy) is 4. The van der Waals surface area contributed by atoms with Crippen LogP contribution < -0.4 is 4.89 Å². The zero-order chi connectivity index (χ0) is 31.5. The summed E-state index contributed by atoms with van der Waals surface area (Å²) in [4.78, 5) is -0.481. The largest absolute Gasteiger partial charge is 0.726 e. The van der Waals surface area contributed by atoms with Gasteiger partial charge in [-0.2, -0.15) is 26.3 Å². The molecule has 0 aliphatic heterocycles. The highest BCUT2D eigenvalue weighted by atomic mass is 32.3. The van der Waals surface area contributed by atoms with Crippen LogP contribution >= 0.6 is 0 Å². The molecular formula is C19H34F6NO12S2-. The van der Waals surface area contributed by atoms with Gasteiger partial charge in [0.15, 0.2) is 0 Å². The fourth-order valence-electron chi connectivity index (χ4n) is 2.73. The van der Waals surface area contributed by atoms with Crippen LogP contribution in [0.5, 0.6) is 0 Å². The van der Waals surface area contributed by atoms with E-state index in [4.69, 9.17) is 9.47 Å². The molecule has 21 heteroatoms. The van der Waals surface area contributed by atoms with Gasteiger partial charge in [0.1, 0.15) is 13.2 Å². The fraction of sp³-hybridized carbons (Fsp3) is 1.00. The highest BCUT2D eigenvalue weighted by Gasteiger charge is 2.35. The van der Waals surface area contributed by atoms with Crippen LogP contribution in [0.15, 0.2) is 0 Å². The predicted octanol–water partition coefficient (Wildman–Crippen LogP) is 1.02. The van der Waals surface area contributed by atoms with Crippen molar-refractivity contribution in [3.63, 3.8) is 0 Å². The number of rotatable bonds is 21. The number of alkyl halides is 6. The minimum absolute atomic E-state index is 0.144. The first-order chi connectivity index (χ1) is 17.8. The monoisotopic (exact) mass is 646 g/mol. The van der Waals surface area contributed by atoms with Gasteiger partial charge in [-0.15, -0.1) is 8.42 Å². The van der Waals surface area contributed by atoms with Crippen LogP contribution in [0.4, 0.5) is 26.3 Å². The molecule has 0 saturated heterocycles. The first-order valence-electron chi connectivity index (χ1n) is 11.2. The summed E-state index contributed by atoms with van der Waals surface area (Å²) >= 11 is 0. The Hall–Kier alpha value is -0.880. The van der Waals surface area contributed by atoms with Crippen LogP contribution in [0.25, 0.3) is 0 Å². The molecule has 0 aromatic heterocycles. The van der Waals surface area contributed by atoms with Gasteiger partial charge in [-0.1, -0.05) is 27.7 Å². The zero-order valence-electron chi connectivity index (χ0n) is 22.1. The summed E-state index contributed by atoms with van der Waals surface area (Å²) in [5.41, 5.74) is -3.80. The average molecular weight is 647 g/mol. The third-order valence-electron chi connectivity index (χ3n) is 4.56. The van der Waals surface area contributed by atoms with Gasteiger partial charge >= 0.3 is 22.7 Å². The van der Waals surface area contributed by atoms with E-state index >= 15 is 0 Å². The molecule has 242 valence electrons. The molecule has 2 atom stereocenters. The topological polar surface area (TPSA) is 186 Å². The van der Waals surface area contributed by atoms with E-state index in [9.17, 15) is 52.9 Å². The molecule has 0 heterocycles. The number of hydrogen-bond donors (Lipinski definition) is 1. The average Bonchev–Trinajstić information content (AvgIpc) is 2.74. The lowest BCUT2D eigenvalue weighted by molar-refractivity contribution is -0.428. The Balaban J connectivity index is 5.10. The van der Waals surface area contributed by atoms with Crippen molar-refractivity contribution >= 4 is 20.7 Å². The van der Waals surface area contributed by atoms with Crippen LogP contribution in [-0.2, 0) is 48.0 Å². The molecule has 0 aliphatic carbocycles. The molecule has 0 aromatic rings. The Labute approximate surface area is 228 Å². The van der Waals surface area contributed by atoms with E-state index < -0.39 is 100 Å².